The molecule has 1 aliphatic heterocycles. The Morgan fingerprint density at radius 3 is 3.00 bits per heavy atom. The van der Waals surface area contributed by atoms with Crippen LogP contribution in [0.2, 0.25) is 0 Å². The van der Waals surface area contributed by atoms with Crippen molar-refractivity contribution in [2.45, 2.75) is 18.9 Å². The number of piperidine rings is 1. The molecule has 1 heterocycles. The largest absolute Gasteiger partial charge is 0.337 e. The van der Waals surface area contributed by atoms with Crippen LogP contribution in [0.1, 0.15) is 23.2 Å². The molecule has 1 N–H and O–H groups in total. The van der Waals surface area contributed by atoms with Gasteiger partial charge in [0.05, 0.1) is 4.92 Å². The molecule has 1 aliphatic rings. The summed E-state index contributed by atoms with van der Waals surface area (Å²) >= 11 is 0. The van der Waals surface area contributed by atoms with E-state index in [9.17, 15) is 14.9 Å². The molecule has 19 heavy (non-hydrogen) atoms. The predicted molar refractivity (Wildman–Crippen MR) is 71.1 cm³/mol. The van der Waals surface area contributed by atoms with Gasteiger partial charge in [0.15, 0.2) is 0 Å². The van der Waals surface area contributed by atoms with Crippen molar-refractivity contribution in [3.05, 3.63) is 39.9 Å². The maximum absolute atomic E-state index is 12.3. The second kappa shape index (κ2) is 5.79. The number of nitro benzene ring substituents is 1. The van der Waals surface area contributed by atoms with Crippen LogP contribution in [0.25, 0.3) is 0 Å². The third kappa shape index (κ3) is 3.08. The lowest BCUT2D eigenvalue weighted by Gasteiger charge is -2.32. The van der Waals surface area contributed by atoms with Gasteiger partial charge in [0.1, 0.15) is 0 Å². The number of likely N-dealkylation sites (tertiary alicyclic amines) is 1. The first-order valence-electron chi connectivity index (χ1n) is 6.33. The summed E-state index contributed by atoms with van der Waals surface area (Å²) in [6.45, 7) is 1.36. The monoisotopic (exact) mass is 263 g/mol. The predicted octanol–water partition coefficient (Wildman–Crippen LogP) is 1.42. The average molecular weight is 263 g/mol. The van der Waals surface area contributed by atoms with Crippen LogP contribution < -0.4 is 5.32 Å². The SMILES string of the molecule is CNC1CCCN(C(=O)c2cccc([N+](=O)[O-])c2)C1. The third-order valence-corrected chi connectivity index (χ3v) is 3.42. The molecule has 0 radical (unpaired) electrons. The summed E-state index contributed by atoms with van der Waals surface area (Å²) < 4.78 is 0. The number of nitrogens with one attached hydrogen (secondary N) is 1. The maximum atomic E-state index is 12.3. The van der Waals surface area contributed by atoms with E-state index in [2.05, 4.69) is 5.32 Å². The Morgan fingerprint density at radius 2 is 2.32 bits per heavy atom. The number of nitrogens with zero attached hydrogens (tertiary/aromatic N) is 2. The fourth-order valence-electron chi connectivity index (χ4n) is 2.33. The number of hydrogen-bond donors (Lipinski definition) is 1. The molecule has 0 aliphatic carbocycles. The van der Waals surface area contributed by atoms with Crippen LogP contribution in [-0.4, -0.2) is 41.9 Å². The first-order valence-corrected chi connectivity index (χ1v) is 6.33. The van der Waals surface area contributed by atoms with E-state index in [1.807, 2.05) is 7.05 Å². The van der Waals surface area contributed by atoms with Gasteiger partial charge in [-0.3, -0.25) is 14.9 Å². The van der Waals surface area contributed by atoms with Gasteiger partial charge in [0.25, 0.3) is 11.6 Å². The number of hydrogen-bond acceptors (Lipinski definition) is 4. The lowest BCUT2D eigenvalue weighted by Crippen LogP contribution is -2.46. The molecule has 1 atom stereocenters. The van der Waals surface area contributed by atoms with E-state index in [1.165, 1.54) is 12.1 Å². The van der Waals surface area contributed by atoms with Crippen LogP contribution >= 0.6 is 0 Å². The van der Waals surface area contributed by atoms with E-state index in [4.69, 9.17) is 0 Å². The molecule has 1 unspecified atom stereocenters. The van der Waals surface area contributed by atoms with Crippen molar-refractivity contribution in [2.75, 3.05) is 20.1 Å². The molecule has 0 bridgehead atoms. The molecule has 2 rings (SSSR count). The number of nitro groups is 1. The summed E-state index contributed by atoms with van der Waals surface area (Å²) in [5.74, 6) is -0.136. The molecule has 102 valence electrons. The fourth-order valence-corrected chi connectivity index (χ4v) is 2.33. The van der Waals surface area contributed by atoms with Crippen molar-refractivity contribution in [1.82, 2.24) is 10.2 Å². The highest BCUT2D eigenvalue weighted by molar-refractivity contribution is 5.94. The first-order chi connectivity index (χ1) is 9.11. The Balaban J connectivity index is 2.14. The smallest absolute Gasteiger partial charge is 0.270 e. The van der Waals surface area contributed by atoms with Crippen molar-refractivity contribution in [2.24, 2.45) is 0 Å². The highest BCUT2D eigenvalue weighted by Gasteiger charge is 2.24. The zero-order valence-corrected chi connectivity index (χ0v) is 10.8. The maximum Gasteiger partial charge on any atom is 0.270 e. The Hall–Kier alpha value is -1.95. The van der Waals surface area contributed by atoms with Gasteiger partial charge >= 0.3 is 0 Å². The van der Waals surface area contributed by atoms with Crippen molar-refractivity contribution in [3.8, 4) is 0 Å². The number of carbonyl (C=O) groups is 1. The number of carbonyl (C=O) groups excluding carboxylic acids is 1. The molecule has 1 aromatic carbocycles. The number of amides is 1. The second-order valence-electron chi connectivity index (χ2n) is 4.69. The van der Waals surface area contributed by atoms with Gasteiger partial charge in [-0.15, -0.1) is 0 Å². The van der Waals surface area contributed by atoms with Crippen molar-refractivity contribution in [1.29, 1.82) is 0 Å². The van der Waals surface area contributed by atoms with E-state index < -0.39 is 4.92 Å². The molecule has 6 nitrogen and oxygen atoms in total. The molecular weight excluding hydrogens is 246 g/mol. The van der Waals surface area contributed by atoms with Gasteiger partial charge in [0, 0.05) is 36.8 Å². The molecule has 1 aromatic rings. The zero-order chi connectivity index (χ0) is 13.8. The molecule has 6 heteroatoms. The average Bonchev–Trinajstić information content (AvgIpc) is 2.46. The Kier molecular flexibility index (Phi) is 4.11. The van der Waals surface area contributed by atoms with Crippen LogP contribution in [0, 0.1) is 10.1 Å². The van der Waals surface area contributed by atoms with E-state index in [1.54, 1.807) is 17.0 Å². The van der Waals surface area contributed by atoms with E-state index in [0.29, 0.717) is 24.7 Å². The lowest BCUT2D eigenvalue weighted by atomic mass is 10.0. The Labute approximate surface area is 111 Å². The summed E-state index contributed by atoms with van der Waals surface area (Å²) in [7, 11) is 1.88. The number of benzene rings is 1. The number of non-ortho nitro benzene ring substituents is 1. The number of likely N-dealkylation sites (N-methyl/N-ethyl adjacent to an activating group) is 1. The quantitative estimate of drug-likeness (QED) is 0.661. The standard InChI is InChI=1S/C13H17N3O3/c1-14-11-5-3-7-15(9-11)13(17)10-4-2-6-12(8-10)16(18)19/h2,4,6,8,11,14H,3,5,7,9H2,1H3. The molecular formula is C13H17N3O3. The van der Waals surface area contributed by atoms with Crippen molar-refractivity contribution >= 4 is 11.6 Å². The lowest BCUT2D eigenvalue weighted by molar-refractivity contribution is -0.384. The fraction of sp³-hybridized carbons (Fsp3) is 0.462. The van der Waals surface area contributed by atoms with Crippen molar-refractivity contribution in [3.63, 3.8) is 0 Å². The van der Waals surface area contributed by atoms with E-state index >= 15 is 0 Å². The summed E-state index contributed by atoms with van der Waals surface area (Å²) in [6.07, 6.45) is 2.00. The summed E-state index contributed by atoms with van der Waals surface area (Å²) in [6, 6.07) is 6.20. The van der Waals surface area contributed by atoms with Gasteiger partial charge in [-0.05, 0) is 26.0 Å². The summed E-state index contributed by atoms with van der Waals surface area (Å²) in [5, 5.41) is 13.9. The summed E-state index contributed by atoms with van der Waals surface area (Å²) in [4.78, 5) is 24.3. The van der Waals surface area contributed by atoms with Crippen LogP contribution in [0.3, 0.4) is 0 Å². The third-order valence-electron chi connectivity index (χ3n) is 3.42. The molecule has 1 saturated heterocycles. The van der Waals surface area contributed by atoms with Gasteiger partial charge in [-0.2, -0.15) is 0 Å². The summed E-state index contributed by atoms with van der Waals surface area (Å²) in [5.41, 5.74) is 0.332. The van der Waals surface area contributed by atoms with Gasteiger partial charge < -0.3 is 10.2 Å². The van der Waals surface area contributed by atoms with Crippen LogP contribution in [0.5, 0.6) is 0 Å². The molecule has 1 fully saturated rings. The molecule has 1 amide bonds. The molecule has 0 spiro atoms. The molecule has 0 aromatic heterocycles. The highest BCUT2D eigenvalue weighted by atomic mass is 16.6. The van der Waals surface area contributed by atoms with Crippen molar-refractivity contribution < 1.29 is 9.72 Å². The minimum absolute atomic E-state index is 0.0481. The Morgan fingerprint density at radius 1 is 1.53 bits per heavy atom. The van der Waals surface area contributed by atoms with Gasteiger partial charge in [-0.1, -0.05) is 6.07 Å². The normalized spacial score (nSPS) is 19.2. The van der Waals surface area contributed by atoms with Gasteiger partial charge in [-0.25, -0.2) is 0 Å². The van der Waals surface area contributed by atoms with E-state index in [0.717, 1.165) is 12.8 Å². The number of rotatable bonds is 3. The van der Waals surface area contributed by atoms with Crippen LogP contribution in [-0.2, 0) is 0 Å². The molecule has 0 saturated carbocycles. The topological polar surface area (TPSA) is 75.5 Å². The first kappa shape index (κ1) is 13.5. The Bertz CT molecular complexity index is 490. The minimum Gasteiger partial charge on any atom is -0.337 e. The second-order valence-corrected chi connectivity index (χ2v) is 4.69. The van der Waals surface area contributed by atoms with Gasteiger partial charge in [0.2, 0.25) is 0 Å². The highest BCUT2D eigenvalue weighted by Crippen LogP contribution is 2.17. The zero-order valence-electron chi connectivity index (χ0n) is 10.8. The van der Waals surface area contributed by atoms with Crippen LogP contribution in [0.4, 0.5) is 5.69 Å². The van der Waals surface area contributed by atoms with E-state index in [-0.39, 0.29) is 11.6 Å². The van der Waals surface area contributed by atoms with Crippen LogP contribution in [0.15, 0.2) is 24.3 Å². The minimum atomic E-state index is -0.483.